The molecule has 21 heavy (non-hydrogen) atoms. The molecule has 1 aliphatic rings. The third kappa shape index (κ3) is 2.70. The minimum Gasteiger partial charge on any atom is -0.486 e. The summed E-state index contributed by atoms with van der Waals surface area (Å²) in [4.78, 5) is 11.4. The number of hydrogen-bond acceptors (Lipinski definition) is 3. The average Bonchev–Trinajstić information content (AvgIpc) is 2.93. The number of hydrogen-bond donors (Lipinski definition) is 2. The zero-order valence-electron chi connectivity index (χ0n) is 11.8. The Morgan fingerprint density at radius 1 is 1.14 bits per heavy atom. The lowest BCUT2D eigenvalue weighted by Crippen LogP contribution is -2.14. The zero-order valence-corrected chi connectivity index (χ0v) is 11.8. The summed E-state index contributed by atoms with van der Waals surface area (Å²) in [6.07, 6.45) is 3.51. The molecule has 4 heteroatoms. The molecule has 1 aliphatic carbocycles. The van der Waals surface area contributed by atoms with E-state index in [9.17, 15) is 4.79 Å². The van der Waals surface area contributed by atoms with E-state index >= 15 is 0 Å². The van der Waals surface area contributed by atoms with Crippen molar-refractivity contribution in [1.29, 1.82) is 0 Å². The smallest absolute Gasteiger partial charge is 0.252 e. The number of nitrogens with two attached hydrogens (primary N) is 2. The van der Waals surface area contributed by atoms with Gasteiger partial charge in [-0.05, 0) is 48.1 Å². The van der Waals surface area contributed by atoms with Crippen LogP contribution >= 0.6 is 0 Å². The van der Waals surface area contributed by atoms with Crippen LogP contribution in [0, 0.1) is 0 Å². The fourth-order valence-electron chi connectivity index (χ4n) is 2.78. The van der Waals surface area contributed by atoms with E-state index in [-0.39, 0.29) is 0 Å². The van der Waals surface area contributed by atoms with E-state index in [0.29, 0.717) is 23.6 Å². The summed E-state index contributed by atoms with van der Waals surface area (Å²) in [5.41, 5.74) is 15.9. The van der Waals surface area contributed by atoms with Crippen molar-refractivity contribution in [2.45, 2.75) is 25.9 Å². The van der Waals surface area contributed by atoms with Crippen LogP contribution in [0.15, 0.2) is 36.4 Å². The Bertz CT molecular complexity index is 695. The summed E-state index contributed by atoms with van der Waals surface area (Å²) in [5.74, 6) is -0.170. The first-order valence-electron chi connectivity index (χ1n) is 7.07. The van der Waals surface area contributed by atoms with Gasteiger partial charge in [0.2, 0.25) is 0 Å². The Balaban J connectivity index is 1.80. The first-order valence-corrected chi connectivity index (χ1v) is 7.07. The molecule has 0 radical (unpaired) electrons. The van der Waals surface area contributed by atoms with Crippen molar-refractivity contribution in [2.75, 3.05) is 5.73 Å². The second kappa shape index (κ2) is 5.48. The second-order valence-electron chi connectivity index (χ2n) is 5.33. The highest BCUT2D eigenvalue weighted by Gasteiger charge is 2.14. The van der Waals surface area contributed by atoms with Crippen LogP contribution in [-0.2, 0) is 19.4 Å². The zero-order chi connectivity index (χ0) is 14.8. The monoisotopic (exact) mass is 282 g/mol. The number of nitrogen functional groups attached to an aromatic ring is 1. The lowest BCUT2D eigenvalue weighted by atomic mass is 10.1. The highest BCUT2D eigenvalue weighted by atomic mass is 16.5. The molecule has 0 aliphatic heterocycles. The molecule has 108 valence electrons. The van der Waals surface area contributed by atoms with E-state index in [1.165, 1.54) is 17.5 Å². The summed E-state index contributed by atoms with van der Waals surface area (Å²) >= 11 is 0. The van der Waals surface area contributed by atoms with Gasteiger partial charge in [-0.3, -0.25) is 4.79 Å². The standard InChI is InChI=1S/C17H18N2O2/c18-15-6-2-5-14(17(19)20)16(15)21-10-11-7-8-12-3-1-4-13(12)9-11/h2,5-9H,1,3-4,10,18H2,(H2,19,20). The molecule has 0 bridgehead atoms. The number of carbonyl (C=O) groups is 1. The van der Waals surface area contributed by atoms with Gasteiger partial charge in [-0.1, -0.05) is 24.3 Å². The molecule has 1 amide bonds. The molecule has 0 spiro atoms. The van der Waals surface area contributed by atoms with Gasteiger partial charge in [0.05, 0.1) is 11.3 Å². The first-order chi connectivity index (χ1) is 10.1. The maximum absolute atomic E-state index is 11.4. The van der Waals surface area contributed by atoms with Crippen molar-refractivity contribution in [3.63, 3.8) is 0 Å². The van der Waals surface area contributed by atoms with Crippen LogP contribution in [0.25, 0.3) is 0 Å². The van der Waals surface area contributed by atoms with Gasteiger partial charge in [0.25, 0.3) is 5.91 Å². The average molecular weight is 282 g/mol. The maximum atomic E-state index is 11.4. The van der Waals surface area contributed by atoms with Crippen molar-refractivity contribution < 1.29 is 9.53 Å². The molecule has 0 fully saturated rings. The maximum Gasteiger partial charge on any atom is 0.252 e. The van der Waals surface area contributed by atoms with E-state index in [1.54, 1.807) is 18.2 Å². The third-order valence-corrected chi connectivity index (χ3v) is 3.86. The highest BCUT2D eigenvalue weighted by Crippen LogP contribution is 2.28. The number of primary amides is 1. The molecule has 2 aromatic carbocycles. The number of amides is 1. The second-order valence-corrected chi connectivity index (χ2v) is 5.33. The van der Waals surface area contributed by atoms with Gasteiger partial charge in [-0.2, -0.15) is 0 Å². The number of anilines is 1. The van der Waals surface area contributed by atoms with Crippen molar-refractivity contribution >= 4 is 11.6 Å². The molecule has 2 aromatic rings. The van der Waals surface area contributed by atoms with Gasteiger partial charge in [-0.25, -0.2) is 0 Å². The minimum atomic E-state index is -0.536. The van der Waals surface area contributed by atoms with Crippen LogP contribution in [-0.4, -0.2) is 5.91 Å². The fourth-order valence-corrected chi connectivity index (χ4v) is 2.78. The predicted octanol–water partition coefficient (Wildman–Crippen LogP) is 2.44. The molecule has 3 rings (SSSR count). The Morgan fingerprint density at radius 3 is 2.76 bits per heavy atom. The molecule has 4 nitrogen and oxygen atoms in total. The van der Waals surface area contributed by atoms with Gasteiger partial charge >= 0.3 is 0 Å². The summed E-state index contributed by atoms with van der Waals surface area (Å²) in [6, 6.07) is 11.4. The van der Waals surface area contributed by atoms with E-state index in [2.05, 4.69) is 18.2 Å². The third-order valence-electron chi connectivity index (χ3n) is 3.86. The van der Waals surface area contributed by atoms with Crippen LogP contribution in [0.1, 0.15) is 33.5 Å². The predicted molar refractivity (Wildman–Crippen MR) is 82.2 cm³/mol. The SMILES string of the molecule is NC(=O)c1cccc(N)c1OCc1ccc2c(c1)CCC2. The Hall–Kier alpha value is -2.49. The molecular weight excluding hydrogens is 264 g/mol. The van der Waals surface area contributed by atoms with Crippen LogP contribution in [0.3, 0.4) is 0 Å². The lowest BCUT2D eigenvalue weighted by molar-refractivity contribution is 0.0996. The number of ether oxygens (including phenoxy) is 1. The van der Waals surface area contributed by atoms with Gasteiger partial charge < -0.3 is 16.2 Å². The minimum absolute atomic E-state index is 0.316. The number of rotatable bonds is 4. The fraction of sp³-hybridized carbons (Fsp3) is 0.235. The molecule has 0 saturated carbocycles. The van der Waals surface area contributed by atoms with E-state index in [1.807, 2.05) is 0 Å². The van der Waals surface area contributed by atoms with Crippen LogP contribution < -0.4 is 16.2 Å². The molecule has 0 heterocycles. The van der Waals surface area contributed by atoms with E-state index < -0.39 is 5.91 Å². The normalized spacial score (nSPS) is 13.0. The summed E-state index contributed by atoms with van der Waals surface area (Å²) in [6.45, 7) is 0.377. The van der Waals surface area contributed by atoms with Crippen molar-refractivity contribution in [2.24, 2.45) is 5.73 Å². The van der Waals surface area contributed by atoms with Crippen molar-refractivity contribution in [3.05, 3.63) is 58.7 Å². The largest absolute Gasteiger partial charge is 0.486 e. The number of carbonyl (C=O) groups excluding carboxylic acids is 1. The van der Waals surface area contributed by atoms with Gasteiger partial charge in [0.1, 0.15) is 6.61 Å². The van der Waals surface area contributed by atoms with E-state index in [0.717, 1.165) is 18.4 Å². The molecule has 0 aromatic heterocycles. The van der Waals surface area contributed by atoms with E-state index in [4.69, 9.17) is 16.2 Å². The van der Waals surface area contributed by atoms with Gasteiger partial charge in [0, 0.05) is 0 Å². The molecule has 0 unspecified atom stereocenters. The molecule has 4 N–H and O–H groups in total. The Labute approximate surface area is 123 Å². The Morgan fingerprint density at radius 2 is 1.95 bits per heavy atom. The van der Waals surface area contributed by atoms with Crippen molar-refractivity contribution in [3.8, 4) is 5.75 Å². The summed E-state index contributed by atoms with van der Waals surface area (Å²) in [5, 5.41) is 0. The first kappa shape index (κ1) is 13.5. The van der Waals surface area contributed by atoms with Crippen LogP contribution in [0.2, 0.25) is 0 Å². The summed E-state index contributed by atoms with van der Waals surface area (Å²) in [7, 11) is 0. The van der Waals surface area contributed by atoms with Gasteiger partial charge in [0.15, 0.2) is 5.75 Å². The molecule has 0 saturated heterocycles. The quantitative estimate of drug-likeness (QED) is 0.845. The Kier molecular flexibility index (Phi) is 3.52. The number of para-hydroxylation sites is 1. The van der Waals surface area contributed by atoms with Crippen LogP contribution in [0.4, 0.5) is 5.69 Å². The number of benzene rings is 2. The number of fused-ring (bicyclic) bond motifs is 1. The number of aryl methyl sites for hydroxylation is 2. The molecular formula is C17H18N2O2. The lowest BCUT2D eigenvalue weighted by Gasteiger charge is -2.12. The topological polar surface area (TPSA) is 78.3 Å². The van der Waals surface area contributed by atoms with Gasteiger partial charge in [-0.15, -0.1) is 0 Å². The summed E-state index contributed by atoms with van der Waals surface area (Å²) < 4.78 is 5.75. The molecule has 0 atom stereocenters. The van der Waals surface area contributed by atoms with Crippen molar-refractivity contribution in [1.82, 2.24) is 0 Å². The highest BCUT2D eigenvalue weighted by molar-refractivity contribution is 5.97. The van der Waals surface area contributed by atoms with Crippen LogP contribution in [0.5, 0.6) is 5.75 Å².